The predicted octanol–water partition coefficient (Wildman–Crippen LogP) is 4.59. The first-order valence-corrected chi connectivity index (χ1v) is 9.50. The quantitative estimate of drug-likeness (QED) is 0.274. The van der Waals surface area contributed by atoms with Crippen molar-refractivity contribution in [2.45, 2.75) is 19.6 Å². The lowest BCUT2D eigenvalue weighted by Crippen LogP contribution is -2.33. The Morgan fingerprint density at radius 1 is 1.00 bits per heavy atom. The second-order valence-electron chi connectivity index (χ2n) is 5.84. The van der Waals surface area contributed by atoms with Crippen LogP contribution in [0.3, 0.4) is 0 Å². The fourth-order valence-electron chi connectivity index (χ4n) is 2.51. The third-order valence-corrected chi connectivity index (χ3v) is 4.82. The van der Waals surface area contributed by atoms with E-state index in [-0.39, 0.29) is 24.0 Å². The summed E-state index contributed by atoms with van der Waals surface area (Å²) in [4.78, 5) is 5.77. The van der Waals surface area contributed by atoms with Crippen molar-refractivity contribution in [1.82, 2.24) is 5.32 Å². The van der Waals surface area contributed by atoms with Crippen LogP contribution in [0.15, 0.2) is 77.1 Å². The molecule has 142 valence electrons. The number of aliphatic imine (C=N–C) groups is 1. The summed E-state index contributed by atoms with van der Waals surface area (Å²) in [6, 6.07) is 22.2. The molecule has 0 saturated carbocycles. The zero-order chi connectivity index (χ0) is 18.0. The number of benzene rings is 2. The first-order valence-electron chi connectivity index (χ1n) is 8.62. The second-order valence-corrected chi connectivity index (χ2v) is 6.87. The van der Waals surface area contributed by atoms with Crippen LogP contribution in [-0.2, 0) is 19.6 Å². The monoisotopic (exact) mass is 493 g/mol. The average Bonchev–Trinajstić information content (AvgIpc) is 3.20. The predicted molar refractivity (Wildman–Crippen MR) is 124 cm³/mol. The summed E-state index contributed by atoms with van der Waals surface area (Å²) in [6.07, 6.45) is 0.949. The van der Waals surface area contributed by atoms with Gasteiger partial charge in [0.2, 0.25) is 0 Å². The molecule has 27 heavy (non-hydrogen) atoms. The van der Waals surface area contributed by atoms with E-state index in [1.54, 1.807) is 11.3 Å². The van der Waals surface area contributed by atoms with Crippen LogP contribution in [0, 0.1) is 0 Å². The number of guanidine groups is 1. The van der Waals surface area contributed by atoms with Crippen molar-refractivity contribution in [2.24, 2.45) is 10.7 Å². The van der Waals surface area contributed by atoms with Gasteiger partial charge in [-0.05, 0) is 29.5 Å². The van der Waals surface area contributed by atoms with Crippen LogP contribution in [0.4, 0.5) is 0 Å². The molecule has 1 heterocycles. The van der Waals surface area contributed by atoms with Gasteiger partial charge in [-0.15, -0.1) is 35.3 Å². The Morgan fingerprint density at radius 3 is 2.56 bits per heavy atom. The van der Waals surface area contributed by atoms with Crippen LogP contribution in [0.2, 0.25) is 0 Å². The molecule has 0 spiro atoms. The SMILES string of the molecule is I.NC(=NCc1ccccc1OCc1ccccc1)NCCc1cccs1. The van der Waals surface area contributed by atoms with Crippen LogP contribution in [0.25, 0.3) is 0 Å². The van der Waals surface area contributed by atoms with Crippen molar-refractivity contribution in [3.63, 3.8) is 0 Å². The Hall–Kier alpha value is -2.06. The molecule has 0 atom stereocenters. The number of nitrogens with two attached hydrogens (primary N) is 1. The molecule has 0 bridgehead atoms. The Labute approximate surface area is 181 Å². The molecule has 0 radical (unpaired) electrons. The Morgan fingerprint density at radius 2 is 1.78 bits per heavy atom. The van der Waals surface area contributed by atoms with Gasteiger partial charge in [0.15, 0.2) is 5.96 Å². The van der Waals surface area contributed by atoms with E-state index in [1.807, 2.05) is 42.5 Å². The standard InChI is InChI=1S/C21H23N3OS.HI/c22-21(23-13-12-19-10-6-14-26-19)24-15-18-9-4-5-11-20(18)25-16-17-7-2-1-3-8-17;/h1-11,14H,12-13,15-16H2,(H3,22,23,24);1H. The Bertz CT molecular complexity index is 822. The smallest absolute Gasteiger partial charge is 0.188 e. The lowest BCUT2D eigenvalue weighted by molar-refractivity contribution is 0.303. The molecule has 3 N–H and O–H groups in total. The number of hydrogen-bond donors (Lipinski definition) is 2. The molecule has 0 aliphatic heterocycles. The first-order chi connectivity index (χ1) is 12.8. The maximum Gasteiger partial charge on any atom is 0.188 e. The molecule has 0 aliphatic rings. The number of hydrogen-bond acceptors (Lipinski definition) is 3. The van der Waals surface area contributed by atoms with E-state index in [1.165, 1.54) is 4.88 Å². The van der Waals surface area contributed by atoms with Crippen molar-refractivity contribution in [1.29, 1.82) is 0 Å². The van der Waals surface area contributed by atoms with E-state index >= 15 is 0 Å². The minimum absolute atomic E-state index is 0. The zero-order valence-corrected chi connectivity index (χ0v) is 18.2. The molecule has 0 fully saturated rings. The summed E-state index contributed by atoms with van der Waals surface area (Å²) in [5.41, 5.74) is 8.14. The van der Waals surface area contributed by atoms with Gasteiger partial charge in [-0.2, -0.15) is 0 Å². The van der Waals surface area contributed by atoms with Gasteiger partial charge in [-0.3, -0.25) is 0 Å². The fourth-order valence-corrected chi connectivity index (χ4v) is 3.21. The third-order valence-electron chi connectivity index (χ3n) is 3.89. The normalized spacial score (nSPS) is 10.9. The summed E-state index contributed by atoms with van der Waals surface area (Å²) >= 11 is 1.75. The van der Waals surface area contributed by atoms with Crippen LogP contribution < -0.4 is 15.8 Å². The van der Waals surface area contributed by atoms with Crippen LogP contribution in [0.1, 0.15) is 16.0 Å². The van der Waals surface area contributed by atoms with Gasteiger partial charge in [0.05, 0.1) is 6.54 Å². The van der Waals surface area contributed by atoms with Crippen LogP contribution >= 0.6 is 35.3 Å². The van der Waals surface area contributed by atoms with Crippen LogP contribution in [0.5, 0.6) is 5.75 Å². The van der Waals surface area contributed by atoms with E-state index < -0.39 is 0 Å². The molecule has 6 heteroatoms. The number of ether oxygens (including phenoxy) is 1. The summed E-state index contributed by atoms with van der Waals surface area (Å²) in [5, 5.41) is 5.24. The van der Waals surface area contributed by atoms with Gasteiger partial charge in [0, 0.05) is 17.0 Å². The minimum Gasteiger partial charge on any atom is -0.489 e. The lowest BCUT2D eigenvalue weighted by atomic mass is 10.2. The summed E-state index contributed by atoms with van der Waals surface area (Å²) in [6.45, 7) is 1.81. The van der Waals surface area contributed by atoms with E-state index in [4.69, 9.17) is 10.5 Å². The zero-order valence-electron chi connectivity index (χ0n) is 15.0. The molecule has 0 aliphatic carbocycles. The number of para-hydroxylation sites is 1. The topological polar surface area (TPSA) is 59.6 Å². The number of rotatable bonds is 8. The Balaban J connectivity index is 0.00000261. The second kappa shape index (κ2) is 11.6. The minimum atomic E-state index is 0. The van der Waals surface area contributed by atoms with Gasteiger partial charge in [0.1, 0.15) is 12.4 Å². The number of halogens is 1. The molecule has 0 unspecified atom stereocenters. The van der Waals surface area contributed by atoms with E-state index in [2.05, 4.69) is 40.0 Å². The van der Waals surface area contributed by atoms with Gasteiger partial charge in [0.25, 0.3) is 0 Å². The molecule has 3 aromatic rings. The highest BCUT2D eigenvalue weighted by molar-refractivity contribution is 14.0. The number of thiophene rings is 1. The van der Waals surface area contributed by atoms with Gasteiger partial charge < -0.3 is 15.8 Å². The van der Waals surface area contributed by atoms with Crippen LogP contribution in [-0.4, -0.2) is 12.5 Å². The maximum absolute atomic E-state index is 5.98. The highest BCUT2D eigenvalue weighted by Crippen LogP contribution is 2.20. The molecule has 3 rings (SSSR count). The third kappa shape index (κ3) is 7.22. The maximum atomic E-state index is 5.98. The summed E-state index contributed by atoms with van der Waals surface area (Å²) < 4.78 is 5.96. The highest BCUT2D eigenvalue weighted by Gasteiger charge is 2.03. The van der Waals surface area contributed by atoms with Crippen molar-refractivity contribution in [3.05, 3.63) is 88.1 Å². The molecular weight excluding hydrogens is 469 g/mol. The molecule has 2 aromatic carbocycles. The summed E-state index contributed by atoms with van der Waals surface area (Å²) in [5.74, 6) is 1.30. The van der Waals surface area contributed by atoms with Crippen molar-refractivity contribution in [2.75, 3.05) is 6.54 Å². The number of nitrogens with zero attached hydrogens (tertiary/aromatic N) is 1. The average molecular weight is 493 g/mol. The molecule has 1 aromatic heterocycles. The molecular formula is C21H24IN3OS. The van der Waals surface area contributed by atoms with Crippen molar-refractivity contribution < 1.29 is 4.74 Å². The van der Waals surface area contributed by atoms with Crippen molar-refractivity contribution in [3.8, 4) is 5.75 Å². The van der Waals surface area contributed by atoms with Gasteiger partial charge in [-0.1, -0.05) is 54.6 Å². The van der Waals surface area contributed by atoms with E-state index in [9.17, 15) is 0 Å². The van der Waals surface area contributed by atoms with Crippen molar-refractivity contribution >= 4 is 41.3 Å². The fraction of sp³-hybridized carbons (Fsp3) is 0.190. The highest BCUT2D eigenvalue weighted by atomic mass is 127. The number of nitrogens with one attached hydrogen (secondary N) is 1. The lowest BCUT2D eigenvalue weighted by Gasteiger charge is -2.11. The van der Waals surface area contributed by atoms with Gasteiger partial charge in [-0.25, -0.2) is 4.99 Å². The molecule has 0 amide bonds. The molecule has 4 nitrogen and oxygen atoms in total. The largest absolute Gasteiger partial charge is 0.489 e. The first kappa shape index (κ1) is 21.2. The Kier molecular flexibility index (Phi) is 9.13. The van der Waals surface area contributed by atoms with E-state index in [0.717, 1.165) is 29.8 Å². The molecule has 0 saturated heterocycles. The summed E-state index contributed by atoms with van der Waals surface area (Å²) in [7, 11) is 0. The van der Waals surface area contributed by atoms with Gasteiger partial charge >= 0.3 is 0 Å². The van der Waals surface area contributed by atoms with E-state index in [0.29, 0.717) is 19.1 Å².